The average molecular weight is 222 g/mol. The van der Waals surface area contributed by atoms with Gasteiger partial charge in [0, 0.05) is 11.0 Å². The van der Waals surface area contributed by atoms with Crippen LogP contribution in [0.4, 0.5) is 0 Å². The first kappa shape index (κ1) is 10.4. The van der Waals surface area contributed by atoms with Crippen molar-refractivity contribution in [1.82, 2.24) is 0 Å². The molecule has 3 heteroatoms. The van der Waals surface area contributed by atoms with Crippen molar-refractivity contribution in [3.63, 3.8) is 0 Å². The molecule has 0 aromatic carbocycles. The van der Waals surface area contributed by atoms with Crippen molar-refractivity contribution in [3.05, 3.63) is 34.7 Å². The zero-order valence-electron chi connectivity index (χ0n) is 8.90. The fourth-order valence-electron chi connectivity index (χ4n) is 1.88. The van der Waals surface area contributed by atoms with Gasteiger partial charge in [0.1, 0.15) is 0 Å². The maximum absolute atomic E-state index is 11.5. The summed E-state index contributed by atoms with van der Waals surface area (Å²) in [5, 5.41) is 2.02. The Balaban J connectivity index is 2.42. The number of rotatable bonds is 2. The molecule has 80 valence electrons. The number of ether oxygens (including phenoxy) is 1. The minimum Gasteiger partial charge on any atom is -0.488 e. The van der Waals surface area contributed by atoms with Crippen molar-refractivity contribution >= 4 is 17.1 Å². The maximum Gasteiger partial charge on any atom is 0.163 e. The molecule has 0 saturated heterocycles. The quantitative estimate of drug-likeness (QED) is 0.768. The molecular weight excluding hydrogens is 208 g/mol. The lowest BCUT2D eigenvalue weighted by Gasteiger charge is -2.37. The highest BCUT2D eigenvalue weighted by atomic mass is 32.1. The predicted octanol–water partition coefficient (Wildman–Crippen LogP) is 3.10. The highest BCUT2D eigenvalue weighted by Gasteiger charge is 2.41. The van der Waals surface area contributed by atoms with Crippen LogP contribution >= 0.6 is 11.3 Å². The number of ketones is 1. The summed E-state index contributed by atoms with van der Waals surface area (Å²) >= 11 is 1.65. The molecule has 1 aliphatic heterocycles. The van der Waals surface area contributed by atoms with Crippen LogP contribution in [0.3, 0.4) is 0 Å². The SMILES string of the molecule is CC(C)C1(c2cccs2)CC(=O)C=CO1. The van der Waals surface area contributed by atoms with E-state index < -0.39 is 5.60 Å². The number of hydrogen-bond donors (Lipinski definition) is 0. The van der Waals surface area contributed by atoms with Gasteiger partial charge in [-0.3, -0.25) is 4.79 Å². The van der Waals surface area contributed by atoms with E-state index >= 15 is 0 Å². The first-order valence-electron chi connectivity index (χ1n) is 5.06. The Kier molecular flexibility index (Phi) is 2.65. The lowest BCUT2D eigenvalue weighted by Crippen LogP contribution is -2.37. The van der Waals surface area contributed by atoms with E-state index in [-0.39, 0.29) is 11.7 Å². The molecular formula is C12H14O2S. The maximum atomic E-state index is 11.5. The van der Waals surface area contributed by atoms with Crippen LogP contribution in [0.2, 0.25) is 0 Å². The molecule has 1 unspecified atom stereocenters. The van der Waals surface area contributed by atoms with Crippen molar-refractivity contribution in [1.29, 1.82) is 0 Å². The largest absolute Gasteiger partial charge is 0.488 e. The van der Waals surface area contributed by atoms with Crippen molar-refractivity contribution in [2.45, 2.75) is 25.9 Å². The Morgan fingerprint density at radius 2 is 2.33 bits per heavy atom. The lowest BCUT2D eigenvalue weighted by molar-refractivity contribution is -0.126. The molecule has 1 aromatic rings. The molecule has 1 atom stereocenters. The minimum absolute atomic E-state index is 0.142. The molecule has 0 radical (unpaired) electrons. The molecule has 0 N–H and O–H groups in total. The average Bonchev–Trinajstić information content (AvgIpc) is 2.70. The van der Waals surface area contributed by atoms with E-state index in [9.17, 15) is 4.79 Å². The van der Waals surface area contributed by atoms with Gasteiger partial charge in [-0.2, -0.15) is 0 Å². The van der Waals surface area contributed by atoms with Crippen LogP contribution in [0.5, 0.6) is 0 Å². The Morgan fingerprint density at radius 3 is 2.87 bits per heavy atom. The van der Waals surface area contributed by atoms with E-state index in [0.29, 0.717) is 6.42 Å². The molecule has 0 saturated carbocycles. The molecule has 0 bridgehead atoms. The highest BCUT2D eigenvalue weighted by molar-refractivity contribution is 7.10. The van der Waals surface area contributed by atoms with Crippen LogP contribution in [0.1, 0.15) is 25.1 Å². The van der Waals surface area contributed by atoms with Crippen LogP contribution < -0.4 is 0 Å². The van der Waals surface area contributed by atoms with E-state index in [4.69, 9.17) is 4.74 Å². The van der Waals surface area contributed by atoms with E-state index in [1.807, 2.05) is 17.5 Å². The summed E-state index contributed by atoms with van der Waals surface area (Å²) in [6.45, 7) is 4.18. The van der Waals surface area contributed by atoms with Gasteiger partial charge in [0.25, 0.3) is 0 Å². The number of carbonyl (C=O) groups excluding carboxylic acids is 1. The minimum atomic E-state index is -0.444. The molecule has 1 aliphatic rings. The van der Waals surface area contributed by atoms with Crippen molar-refractivity contribution in [2.24, 2.45) is 5.92 Å². The first-order chi connectivity index (χ1) is 7.15. The standard InChI is InChI=1S/C12H14O2S/c1-9(2)12(11-4-3-7-15-11)8-10(13)5-6-14-12/h3-7,9H,8H2,1-2H3. The van der Waals surface area contributed by atoms with E-state index in [1.54, 1.807) is 11.3 Å². The molecule has 0 amide bonds. The van der Waals surface area contributed by atoms with Crippen molar-refractivity contribution in [2.75, 3.05) is 0 Å². The van der Waals surface area contributed by atoms with Crippen LogP contribution in [0.15, 0.2) is 29.9 Å². The zero-order chi connectivity index (χ0) is 10.9. The summed E-state index contributed by atoms with van der Waals surface area (Å²) in [5.41, 5.74) is -0.444. The van der Waals surface area contributed by atoms with Crippen molar-refractivity contribution in [3.8, 4) is 0 Å². The normalized spacial score (nSPS) is 25.7. The Labute approximate surface area is 93.6 Å². The van der Waals surface area contributed by atoms with Crippen LogP contribution in [-0.4, -0.2) is 5.78 Å². The van der Waals surface area contributed by atoms with Gasteiger partial charge in [0.2, 0.25) is 0 Å². The molecule has 2 rings (SSSR count). The molecule has 2 nitrogen and oxygen atoms in total. The third-order valence-electron chi connectivity index (χ3n) is 2.84. The Hall–Kier alpha value is -1.09. The molecule has 15 heavy (non-hydrogen) atoms. The third-order valence-corrected chi connectivity index (χ3v) is 3.87. The summed E-state index contributed by atoms with van der Waals surface area (Å²) < 4.78 is 5.75. The second kappa shape index (κ2) is 3.81. The van der Waals surface area contributed by atoms with Gasteiger partial charge in [0.15, 0.2) is 11.4 Å². The Morgan fingerprint density at radius 1 is 1.53 bits per heavy atom. The highest BCUT2D eigenvalue weighted by Crippen LogP contribution is 2.41. The van der Waals surface area contributed by atoms with Crippen molar-refractivity contribution < 1.29 is 9.53 Å². The fraction of sp³-hybridized carbons (Fsp3) is 0.417. The number of allylic oxidation sites excluding steroid dienone is 1. The van der Waals surface area contributed by atoms with Crippen LogP contribution in [0, 0.1) is 5.92 Å². The Bertz CT molecular complexity index is 378. The molecule has 0 aliphatic carbocycles. The number of thiophene rings is 1. The van der Waals surface area contributed by atoms with Gasteiger partial charge in [-0.25, -0.2) is 0 Å². The van der Waals surface area contributed by atoms with Gasteiger partial charge in [-0.1, -0.05) is 19.9 Å². The van der Waals surface area contributed by atoms with Gasteiger partial charge in [0.05, 0.1) is 12.7 Å². The zero-order valence-corrected chi connectivity index (χ0v) is 9.71. The van der Waals surface area contributed by atoms with E-state index in [2.05, 4.69) is 13.8 Å². The van der Waals surface area contributed by atoms with Gasteiger partial charge < -0.3 is 4.74 Å². The summed E-state index contributed by atoms with van der Waals surface area (Å²) in [4.78, 5) is 12.7. The summed E-state index contributed by atoms with van der Waals surface area (Å²) in [6.07, 6.45) is 3.49. The topological polar surface area (TPSA) is 26.3 Å². The molecule has 0 spiro atoms. The molecule has 1 aromatic heterocycles. The fourth-order valence-corrected chi connectivity index (χ4v) is 2.90. The second-order valence-corrected chi connectivity index (χ2v) is 5.03. The second-order valence-electron chi connectivity index (χ2n) is 4.09. The van der Waals surface area contributed by atoms with E-state index in [1.165, 1.54) is 12.3 Å². The monoisotopic (exact) mass is 222 g/mol. The number of hydrogen-bond acceptors (Lipinski definition) is 3. The molecule has 2 heterocycles. The summed E-state index contributed by atoms with van der Waals surface area (Å²) in [5.74, 6) is 0.424. The van der Waals surface area contributed by atoms with Crippen LogP contribution in [0.25, 0.3) is 0 Å². The lowest BCUT2D eigenvalue weighted by atomic mass is 9.83. The van der Waals surface area contributed by atoms with E-state index in [0.717, 1.165) is 4.88 Å². The number of carbonyl (C=O) groups is 1. The molecule has 0 fully saturated rings. The van der Waals surface area contributed by atoms with Gasteiger partial charge >= 0.3 is 0 Å². The smallest absolute Gasteiger partial charge is 0.163 e. The third kappa shape index (κ3) is 1.72. The van der Waals surface area contributed by atoms with Gasteiger partial charge in [-0.05, 0) is 17.4 Å². The summed E-state index contributed by atoms with van der Waals surface area (Å²) in [7, 11) is 0. The van der Waals surface area contributed by atoms with Crippen LogP contribution in [-0.2, 0) is 15.1 Å². The summed E-state index contributed by atoms with van der Waals surface area (Å²) in [6, 6.07) is 4.04. The first-order valence-corrected chi connectivity index (χ1v) is 5.94. The van der Waals surface area contributed by atoms with Gasteiger partial charge in [-0.15, -0.1) is 11.3 Å². The predicted molar refractivity (Wildman–Crippen MR) is 60.7 cm³/mol.